The highest BCUT2D eigenvalue weighted by Gasteiger charge is 2.13. The lowest BCUT2D eigenvalue weighted by Gasteiger charge is -2.15. The van der Waals surface area contributed by atoms with Crippen molar-refractivity contribution in [3.63, 3.8) is 0 Å². The molecule has 0 aliphatic heterocycles. The number of anilines is 1. The summed E-state index contributed by atoms with van der Waals surface area (Å²) < 4.78 is 18.4. The maximum Gasteiger partial charge on any atom is 0.279 e. The molecule has 0 saturated heterocycles. The van der Waals surface area contributed by atoms with Crippen molar-refractivity contribution in [1.29, 1.82) is 0 Å². The Kier molecular flexibility index (Phi) is 5.71. The molecule has 0 aliphatic carbocycles. The summed E-state index contributed by atoms with van der Waals surface area (Å²) in [6.07, 6.45) is 0. The molecule has 1 unspecified atom stereocenters. The van der Waals surface area contributed by atoms with Crippen molar-refractivity contribution in [2.45, 2.75) is 13.5 Å². The van der Waals surface area contributed by atoms with Gasteiger partial charge in [-0.05, 0) is 36.8 Å². The van der Waals surface area contributed by atoms with E-state index < -0.39 is 0 Å². The van der Waals surface area contributed by atoms with Crippen LogP contribution in [0, 0.1) is 12.7 Å². The fraction of sp³-hybridized carbons (Fsp3) is 0.278. The van der Waals surface area contributed by atoms with Gasteiger partial charge in [0, 0.05) is 5.56 Å². The van der Waals surface area contributed by atoms with Crippen LogP contribution in [0.3, 0.4) is 0 Å². The molecular formula is C18H22FN2O2+. The fourth-order valence-corrected chi connectivity index (χ4v) is 2.45. The average molecular weight is 317 g/mol. The largest absolute Gasteiger partial charge is 0.495 e. The van der Waals surface area contributed by atoms with Crippen LogP contribution < -0.4 is 15.0 Å². The molecule has 0 spiro atoms. The van der Waals surface area contributed by atoms with E-state index in [1.54, 1.807) is 13.2 Å². The second kappa shape index (κ2) is 7.74. The van der Waals surface area contributed by atoms with E-state index >= 15 is 0 Å². The van der Waals surface area contributed by atoms with E-state index in [0.29, 0.717) is 18.0 Å². The van der Waals surface area contributed by atoms with E-state index in [1.165, 1.54) is 12.1 Å². The lowest BCUT2D eigenvalue weighted by atomic mass is 10.2. The van der Waals surface area contributed by atoms with Crippen LogP contribution in [0.5, 0.6) is 5.75 Å². The highest BCUT2D eigenvalue weighted by molar-refractivity contribution is 5.93. The Labute approximate surface area is 135 Å². The van der Waals surface area contributed by atoms with Gasteiger partial charge in [0.15, 0.2) is 6.54 Å². The van der Waals surface area contributed by atoms with Crippen LogP contribution in [0.15, 0.2) is 42.5 Å². The molecule has 0 saturated carbocycles. The summed E-state index contributed by atoms with van der Waals surface area (Å²) in [5.41, 5.74) is 2.57. The van der Waals surface area contributed by atoms with Crippen molar-refractivity contribution in [2.75, 3.05) is 26.0 Å². The van der Waals surface area contributed by atoms with Crippen molar-refractivity contribution in [2.24, 2.45) is 0 Å². The third-order valence-corrected chi connectivity index (χ3v) is 3.49. The Morgan fingerprint density at radius 3 is 2.74 bits per heavy atom. The first kappa shape index (κ1) is 17.0. The quantitative estimate of drug-likeness (QED) is 0.853. The van der Waals surface area contributed by atoms with Gasteiger partial charge in [-0.15, -0.1) is 0 Å². The summed E-state index contributed by atoms with van der Waals surface area (Å²) in [7, 11) is 3.47. The number of likely N-dealkylation sites (N-methyl/N-ethyl adjacent to an activating group) is 1. The fourth-order valence-electron chi connectivity index (χ4n) is 2.45. The summed E-state index contributed by atoms with van der Waals surface area (Å²) in [5, 5.41) is 2.87. The van der Waals surface area contributed by atoms with Crippen molar-refractivity contribution in [1.82, 2.24) is 0 Å². The van der Waals surface area contributed by atoms with Crippen LogP contribution in [0.25, 0.3) is 0 Å². The Morgan fingerprint density at radius 1 is 1.26 bits per heavy atom. The van der Waals surface area contributed by atoms with Gasteiger partial charge < -0.3 is 15.0 Å². The van der Waals surface area contributed by atoms with E-state index in [-0.39, 0.29) is 18.3 Å². The zero-order valence-corrected chi connectivity index (χ0v) is 13.7. The molecule has 0 radical (unpaired) electrons. The highest BCUT2D eigenvalue weighted by Crippen LogP contribution is 2.24. The predicted octanol–water partition coefficient (Wildman–Crippen LogP) is 1.80. The number of halogens is 1. The zero-order chi connectivity index (χ0) is 16.8. The van der Waals surface area contributed by atoms with Gasteiger partial charge in [-0.2, -0.15) is 0 Å². The molecule has 2 N–H and O–H groups in total. The minimum Gasteiger partial charge on any atom is -0.495 e. The number of carbonyl (C=O) groups is 1. The number of benzene rings is 2. The number of quaternary nitrogens is 1. The number of methoxy groups -OCH3 is 1. The van der Waals surface area contributed by atoms with E-state index in [4.69, 9.17) is 4.74 Å². The third-order valence-electron chi connectivity index (χ3n) is 3.49. The van der Waals surface area contributed by atoms with Crippen molar-refractivity contribution >= 4 is 11.6 Å². The zero-order valence-electron chi connectivity index (χ0n) is 13.7. The second-order valence-electron chi connectivity index (χ2n) is 5.69. The summed E-state index contributed by atoms with van der Waals surface area (Å²) in [6, 6.07) is 12.1. The Morgan fingerprint density at radius 2 is 2.04 bits per heavy atom. The first-order chi connectivity index (χ1) is 11.0. The number of amides is 1. The predicted molar refractivity (Wildman–Crippen MR) is 88.2 cm³/mol. The lowest BCUT2D eigenvalue weighted by molar-refractivity contribution is -0.885. The molecule has 0 aliphatic rings. The Bertz CT molecular complexity index is 688. The molecule has 122 valence electrons. The van der Waals surface area contributed by atoms with Gasteiger partial charge in [-0.25, -0.2) is 4.39 Å². The van der Waals surface area contributed by atoms with Crippen LogP contribution in [0.4, 0.5) is 10.1 Å². The van der Waals surface area contributed by atoms with Crippen molar-refractivity contribution < 1.29 is 18.8 Å². The molecule has 0 aromatic heterocycles. The Balaban J connectivity index is 1.95. The first-order valence-corrected chi connectivity index (χ1v) is 7.48. The molecule has 0 fully saturated rings. The standard InChI is InChI=1S/C18H21FN2O2/c1-13-7-8-17(23-3)16(9-13)20-18(22)12-21(2)11-14-5-4-6-15(19)10-14/h4-10H,11-12H2,1-3H3,(H,20,22)/p+1. The molecular weight excluding hydrogens is 295 g/mol. The molecule has 1 amide bonds. The monoisotopic (exact) mass is 317 g/mol. The minimum atomic E-state index is -0.260. The topological polar surface area (TPSA) is 42.8 Å². The van der Waals surface area contributed by atoms with Gasteiger partial charge in [0.2, 0.25) is 0 Å². The molecule has 5 heteroatoms. The number of ether oxygens (including phenoxy) is 1. The molecule has 4 nitrogen and oxygen atoms in total. The lowest BCUT2D eigenvalue weighted by Crippen LogP contribution is -3.08. The number of carbonyl (C=O) groups excluding carboxylic acids is 1. The summed E-state index contributed by atoms with van der Waals surface area (Å²) in [4.78, 5) is 13.2. The van der Waals surface area contributed by atoms with Gasteiger partial charge in [0.05, 0.1) is 19.8 Å². The molecule has 2 aromatic carbocycles. The van der Waals surface area contributed by atoms with E-state index in [1.807, 2.05) is 38.2 Å². The van der Waals surface area contributed by atoms with Crippen LogP contribution in [0.1, 0.15) is 11.1 Å². The molecule has 23 heavy (non-hydrogen) atoms. The number of nitrogens with one attached hydrogen (secondary N) is 2. The maximum atomic E-state index is 13.2. The van der Waals surface area contributed by atoms with E-state index in [0.717, 1.165) is 16.0 Å². The summed E-state index contributed by atoms with van der Waals surface area (Å²) in [5.74, 6) is 0.263. The van der Waals surface area contributed by atoms with Crippen LogP contribution in [0.2, 0.25) is 0 Å². The normalized spacial score (nSPS) is 11.8. The molecule has 0 bridgehead atoms. The number of aryl methyl sites for hydroxylation is 1. The average Bonchev–Trinajstić information content (AvgIpc) is 2.47. The number of hydrogen-bond donors (Lipinski definition) is 2. The van der Waals surface area contributed by atoms with Gasteiger partial charge in [0.25, 0.3) is 5.91 Å². The van der Waals surface area contributed by atoms with Crippen molar-refractivity contribution in [3.8, 4) is 5.75 Å². The van der Waals surface area contributed by atoms with E-state index in [2.05, 4.69) is 5.32 Å². The van der Waals surface area contributed by atoms with Gasteiger partial charge in [-0.1, -0.05) is 18.2 Å². The SMILES string of the molecule is COc1ccc(C)cc1NC(=O)C[NH+](C)Cc1cccc(F)c1. The summed E-state index contributed by atoms with van der Waals surface area (Å²) in [6.45, 7) is 2.82. The van der Waals surface area contributed by atoms with Gasteiger partial charge in [-0.3, -0.25) is 4.79 Å². The molecule has 1 atom stereocenters. The smallest absolute Gasteiger partial charge is 0.279 e. The first-order valence-electron chi connectivity index (χ1n) is 7.48. The highest BCUT2D eigenvalue weighted by atomic mass is 19.1. The third kappa shape index (κ3) is 5.07. The van der Waals surface area contributed by atoms with Crippen LogP contribution >= 0.6 is 0 Å². The van der Waals surface area contributed by atoms with E-state index in [9.17, 15) is 9.18 Å². The van der Waals surface area contributed by atoms with Gasteiger partial charge >= 0.3 is 0 Å². The molecule has 0 heterocycles. The van der Waals surface area contributed by atoms with Gasteiger partial charge in [0.1, 0.15) is 18.1 Å². The maximum absolute atomic E-state index is 13.2. The van der Waals surface area contributed by atoms with Crippen molar-refractivity contribution in [3.05, 3.63) is 59.4 Å². The molecule has 2 rings (SSSR count). The van der Waals surface area contributed by atoms with Crippen LogP contribution in [-0.4, -0.2) is 26.6 Å². The second-order valence-corrected chi connectivity index (χ2v) is 5.69. The van der Waals surface area contributed by atoms with Crippen LogP contribution in [-0.2, 0) is 11.3 Å². The number of rotatable bonds is 6. The minimum absolute atomic E-state index is 0.109. The Hall–Kier alpha value is -2.40. The summed E-state index contributed by atoms with van der Waals surface area (Å²) >= 11 is 0. The molecule has 2 aromatic rings. The number of hydrogen-bond acceptors (Lipinski definition) is 2.